The number of carbonyl (C=O) groups excluding carboxylic acids is 1. The van der Waals surface area contributed by atoms with Crippen molar-refractivity contribution in [1.29, 1.82) is 0 Å². The summed E-state index contributed by atoms with van der Waals surface area (Å²) in [7, 11) is 0. The molecule has 0 fully saturated rings. The summed E-state index contributed by atoms with van der Waals surface area (Å²) in [5.41, 5.74) is 4.49. The topological polar surface area (TPSA) is 78.1 Å². The molecule has 0 aliphatic carbocycles. The van der Waals surface area contributed by atoms with Gasteiger partial charge in [-0.15, -0.1) is 0 Å². The van der Waals surface area contributed by atoms with E-state index in [2.05, 4.69) is 15.0 Å². The van der Waals surface area contributed by atoms with E-state index in [0.717, 1.165) is 16.8 Å². The molecule has 0 aliphatic rings. The minimum atomic E-state index is 0.00831. The average molecular weight is 373 g/mol. The van der Waals surface area contributed by atoms with Gasteiger partial charge in [0.2, 0.25) is 5.89 Å². The fourth-order valence-corrected chi connectivity index (χ4v) is 2.73. The normalized spacial score (nSPS) is 10.9. The lowest BCUT2D eigenvalue weighted by Crippen LogP contribution is -1.99. The van der Waals surface area contributed by atoms with Gasteiger partial charge in [-0.1, -0.05) is 13.0 Å². The standard InChI is InChI=1S/C22H19N3O3/c1-3-20(26)18-8-5-15(12-24-18)22-25-19-10-17(7-9-21(19)28-22)27-13-16-6-4-14(2)11-23-16/h4-12H,3,13H2,1-2H3. The number of Topliss-reactive ketones (excluding diaryl/α,β-unsaturated/α-hetero) is 1. The molecule has 4 aromatic rings. The Labute approximate surface area is 162 Å². The maximum Gasteiger partial charge on any atom is 0.228 e. The molecule has 140 valence electrons. The minimum absolute atomic E-state index is 0.00831. The Kier molecular flexibility index (Phi) is 4.85. The molecular formula is C22H19N3O3. The number of nitrogens with zero attached hydrogens (tertiary/aromatic N) is 3. The number of ketones is 1. The summed E-state index contributed by atoms with van der Waals surface area (Å²) in [4.78, 5) is 24.8. The number of fused-ring (bicyclic) bond motifs is 1. The van der Waals surface area contributed by atoms with Crippen molar-refractivity contribution in [2.45, 2.75) is 26.9 Å². The van der Waals surface area contributed by atoms with Crippen LogP contribution in [0.3, 0.4) is 0 Å². The zero-order valence-electron chi connectivity index (χ0n) is 15.7. The van der Waals surface area contributed by atoms with Crippen molar-refractivity contribution < 1.29 is 13.9 Å². The lowest BCUT2D eigenvalue weighted by atomic mass is 10.2. The number of benzene rings is 1. The molecule has 0 spiro atoms. The third-order valence-electron chi connectivity index (χ3n) is 4.34. The first-order valence-electron chi connectivity index (χ1n) is 9.07. The number of oxazole rings is 1. The molecule has 1 aromatic carbocycles. The fourth-order valence-electron chi connectivity index (χ4n) is 2.73. The van der Waals surface area contributed by atoms with Crippen LogP contribution in [0.15, 0.2) is 59.3 Å². The van der Waals surface area contributed by atoms with E-state index in [-0.39, 0.29) is 5.78 Å². The van der Waals surface area contributed by atoms with Gasteiger partial charge in [-0.2, -0.15) is 0 Å². The third-order valence-corrected chi connectivity index (χ3v) is 4.34. The van der Waals surface area contributed by atoms with Crippen LogP contribution >= 0.6 is 0 Å². The molecule has 0 aliphatic heterocycles. The van der Waals surface area contributed by atoms with E-state index in [1.165, 1.54) is 0 Å². The van der Waals surface area contributed by atoms with Gasteiger partial charge in [0.1, 0.15) is 23.6 Å². The van der Waals surface area contributed by atoms with Crippen molar-refractivity contribution >= 4 is 16.9 Å². The largest absolute Gasteiger partial charge is 0.487 e. The van der Waals surface area contributed by atoms with Crippen LogP contribution in [0.25, 0.3) is 22.6 Å². The van der Waals surface area contributed by atoms with E-state index >= 15 is 0 Å². The molecule has 0 atom stereocenters. The molecule has 28 heavy (non-hydrogen) atoms. The van der Waals surface area contributed by atoms with Crippen LogP contribution in [0.2, 0.25) is 0 Å². The summed E-state index contributed by atoms with van der Waals surface area (Å²) in [5.74, 6) is 1.15. The number of hydrogen-bond acceptors (Lipinski definition) is 6. The Balaban J connectivity index is 1.52. The molecule has 0 radical (unpaired) electrons. The number of pyridine rings is 2. The lowest BCUT2D eigenvalue weighted by Gasteiger charge is -2.05. The number of rotatable bonds is 6. The molecule has 0 N–H and O–H groups in total. The second-order valence-electron chi connectivity index (χ2n) is 6.47. The molecule has 6 nitrogen and oxygen atoms in total. The van der Waals surface area contributed by atoms with Crippen LogP contribution in [0, 0.1) is 6.92 Å². The molecule has 0 bridgehead atoms. The predicted molar refractivity (Wildman–Crippen MR) is 105 cm³/mol. The molecule has 0 unspecified atom stereocenters. The van der Waals surface area contributed by atoms with Gasteiger partial charge in [0.05, 0.1) is 11.3 Å². The maximum absolute atomic E-state index is 11.7. The van der Waals surface area contributed by atoms with Gasteiger partial charge in [-0.3, -0.25) is 14.8 Å². The van der Waals surface area contributed by atoms with Gasteiger partial charge in [0, 0.05) is 24.9 Å². The third kappa shape index (κ3) is 3.76. The van der Waals surface area contributed by atoms with Crippen molar-refractivity contribution in [1.82, 2.24) is 15.0 Å². The van der Waals surface area contributed by atoms with Crippen LogP contribution in [0.1, 0.15) is 35.1 Å². The van der Waals surface area contributed by atoms with E-state index in [1.54, 1.807) is 18.3 Å². The van der Waals surface area contributed by atoms with Crippen molar-refractivity contribution in [3.05, 3.63) is 71.8 Å². The molecule has 0 saturated carbocycles. The Bertz CT molecular complexity index is 1120. The van der Waals surface area contributed by atoms with Crippen LogP contribution < -0.4 is 4.74 Å². The number of carbonyl (C=O) groups is 1. The first-order valence-corrected chi connectivity index (χ1v) is 9.07. The van der Waals surface area contributed by atoms with Crippen LogP contribution in [0.4, 0.5) is 0 Å². The van der Waals surface area contributed by atoms with Gasteiger partial charge in [0.25, 0.3) is 0 Å². The summed E-state index contributed by atoms with van der Waals surface area (Å²) in [6.07, 6.45) is 3.85. The Hall–Kier alpha value is -3.54. The zero-order chi connectivity index (χ0) is 19.5. The summed E-state index contributed by atoms with van der Waals surface area (Å²) >= 11 is 0. The highest BCUT2D eigenvalue weighted by molar-refractivity contribution is 5.94. The number of ether oxygens (including phenoxy) is 1. The second-order valence-corrected chi connectivity index (χ2v) is 6.47. The Morgan fingerprint density at radius 2 is 1.96 bits per heavy atom. The average Bonchev–Trinajstić information content (AvgIpc) is 3.16. The van der Waals surface area contributed by atoms with Gasteiger partial charge in [0.15, 0.2) is 11.4 Å². The summed E-state index contributed by atoms with van der Waals surface area (Å²) in [6.45, 7) is 4.19. The van der Waals surface area contributed by atoms with Crippen LogP contribution in [-0.4, -0.2) is 20.7 Å². The highest BCUT2D eigenvalue weighted by atomic mass is 16.5. The van der Waals surface area contributed by atoms with Crippen LogP contribution in [-0.2, 0) is 6.61 Å². The predicted octanol–water partition coefficient (Wildman–Crippen LogP) is 4.76. The van der Waals surface area contributed by atoms with E-state index in [9.17, 15) is 4.79 Å². The smallest absolute Gasteiger partial charge is 0.228 e. The molecule has 0 saturated heterocycles. The minimum Gasteiger partial charge on any atom is -0.487 e. The highest BCUT2D eigenvalue weighted by Crippen LogP contribution is 2.27. The Morgan fingerprint density at radius 1 is 1.07 bits per heavy atom. The van der Waals surface area contributed by atoms with Gasteiger partial charge >= 0.3 is 0 Å². The first kappa shape index (κ1) is 17.9. The van der Waals surface area contributed by atoms with Gasteiger partial charge < -0.3 is 9.15 Å². The number of aryl methyl sites for hydroxylation is 1. The molecule has 0 amide bonds. The van der Waals surface area contributed by atoms with Gasteiger partial charge in [-0.25, -0.2) is 4.98 Å². The van der Waals surface area contributed by atoms with Crippen molar-refractivity contribution in [2.75, 3.05) is 0 Å². The summed E-state index contributed by atoms with van der Waals surface area (Å²) in [6, 6.07) is 12.9. The highest BCUT2D eigenvalue weighted by Gasteiger charge is 2.11. The molecular weight excluding hydrogens is 354 g/mol. The maximum atomic E-state index is 11.7. The van der Waals surface area contributed by atoms with Gasteiger partial charge in [-0.05, 0) is 42.8 Å². The lowest BCUT2D eigenvalue weighted by molar-refractivity contribution is 0.0983. The van der Waals surface area contributed by atoms with E-state index in [0.29, 0.717) is 41.5 Å². The monoisotopic (exact) mass is 373 g/mol. The van der Waals surface area contributed by atoms with Crippen molar-refractivity contribution in [3.8, 4) is 17.2 Å². The van der Waals surface area contributed by atoms with Crippen molar-refractivity contribution in [2.24, 2.45) is 0 Å². The van der Waals surface area contributed by atoms with E-state index in [4.69, 9.17) is 9.15 Å². The molecule has 3 heterocycles. The van der Waals surface area contributed by atoms with E-state index in [1.807, 2.05) is 50.4 Å². The number of hydrogen-bond donors (Lipinski definition) is 0. The zero-order valence-corrected chi connectivity index (χ0v) is 15.7. The molecule has 3 aromatic heterocycles. The van der Waals surface area contributed by atoms with E-state index < -0.39 is 0 Å². The molecule has 4 rings (SSSR count). The second kappa shape index (κ2) is 7.60. The van der Waals surface area contributed by atoms with Crippen LogP contribution in [0.5, 0.6) is 5.75 Å². The quantitative estimate of drug-likeness (QED) is 0.453. The van der Waals surface area contributed by atoms with Crippen molar-refractivity contribution in [3.63, 3.8) is 0 Å². The Morgan fingerprint density at radius 3 is 2.68 bits per heavy atom. The summed E-state index contributed by atoms with van der Waals surface area (Å²) in [5, 5.41) is 0. The summed E-state index contributed by atoms with van der Waals surface area (Å²) < 4.78 is 11.6. The molecule has 6 heteroatoms. The number of aromatic nitrogens is 3. The SMILES string of the molecule is CCC(=O)c1ccc(-c2nc3cc(OCc4ccc(C)cn4)ccc3o2)cn1. The fraction of sp³-hybridized carbons (Fsp3) is 0.182. The first-order chi connectivity index (χ1) is 13.6.